The Bertz CT molecular complexity index is 1140. The van der Waals surface area contributed by atoms with Crippen molar-refractivity contribution in [1.29, 1.82) is 0 Å². The van der Waals surface area contributed by atoms with Gasteiger partial charge >= 0.3 is 0 Å². The summed E-state index contributed by atoms with van der Waals surface area (Å²) in [5.74, 6) is -0.0742. The Kier molecular flexibility index (Phi) is 4.90. The molecule has 2 aliphatic heterocycles. The fourth-order valence-electron chi connectivity index (χ4n) is 4.37. The summed E-state index contributed by atoms with van der Waals surface area (Å²) in [5, 5.41) is 25.3. The van der Waals surface area contributed by atoms with E-state index >= 15 is 0 Å². The first-order valence-corrected chi connectivity index (χ1v) is 10.3. The lowest BCUT2D eigenvalue weighted by atomic mass is 10.0. The molecular formula is C22H22FN5O3. The maximum absolute atomic E-state index is 14.6. The van der Waals surface area contributed by atoms with E-state index in [0.29, 0.717) is 29.2 Å². The van der Waals surface area contributed by atoms with Crippen LogP contribution in [-0.2, 0) is 0 Å². The van der Waals surface area contributed by atoms with E-state index in [4.69, 9.17) is 4.74 Å². The predicted molar refractivity (Wildman–Crippen MR) is 112 cm³/mol. The van der Waals surface area contributed by atoms with Gasteiger partial charge in [-0.1, -0.05) is 6.07 Å². The number of halogens is 1. The van der Waals surface area contributed by atoms with Crippen molar-refractivity contribution in [1.82, 2.24) is 25.8 Å². The maximum Gasteiger partial charge on any atom is 0.269 e. The highest BCUT2D eigenvalue weighted by Crippen LogP contribution is 2.34. The number of aromatic hydroxyl groups is 1. The maximum atomic E-state index is 14.6. The molecule has 2 aliphatic rings. The molecule has 1 amide bonds. The second-order valence-corrected chi connectivity index (χ2v) is 7.98. The van der Waals surface area contributed by atoms with Gasteiger partial charge in [0.25, 0.3) is 5.91 Å². The van der Waals surface area contributed by atoms with Crippen LogP contribution in [0.3, 0.4) is 0 Å². The number of pyridine rings is 1. The summed E-state index contributed by atoms with van der Waals surface area (Å²) in [6, 6.07) is 10.1. The molecule has 160 valence electrons. The molecule has 3 N–H and O–H groups in total. The smallest absolute Gasteiger partial charge is 0.269 e. The molecule has 3 aromatic rings. The molecule has 5 rings (SSSR count). The Morgan fingerprint density at radius 2 is 2.10 bits per heavy atom. The third-order valence-electron chi connectivity index (χ3n) is 5.99. The summed E-state index contributed by atoms with van der Waals surface area (Å²) >= 11 is 0. The van der Waals surface area contributed by atoms with Crippen LogP contribution in [0.25, 0.3) is 22.2 Å². The molecule has 2 aromatic heterocycles. The number of benzene rings is 1. The van der Waals surface area contributed by atoms with Crippen LogP contribution in [0.1, 0.15) is 29.8 Å². The molecule has 2 fully saturated rings. The van der Waals surface area contributed by atoms with E-state index in [1.54, 1.807) is 30.3 Å². The minimum atomic E-state index is -1.07. The van der Waals surface area contributed by atoms with Gasteiger partial charge in [-0.3, -0.25) is 4.79 Å². The van der Waals surface area contributed by atoms with Crippen molar-refractivity contribution in [2.24, 2.45) is 0 Å². The number of nitrogens with zero attached hydrogens (tertiary/aromatic N) is 3. The van der Waals surface area contributed by atoms with Crippen molar-refractivity contribution in [2.45, 2.75) is 43.6 Å². The number of amides is 1. The number of hydrogen-bond acceptors (Lipinski definition) is 7. The molecule has 1 aromatic carbocycles. The quantitative estimate of drug-likeness (QED) is 0.591. The van der Waals surface area contributed by atoms with Crippen LogP contribution >= 0.6 is 0 Å². The van der Waals surface area contributed by atoms with Gasteiger partial charge in [0, 0.05) is 48.6 Å². The van der Waals surface area contributed by atoms with Gasteiger partial charge in [-0.15, -0.1) is 10.2 Å². The van der Waals surface area contributed by atoms with E-state index in [2.05, 4.69) is 25.8 Å². The lowest BCUT2D eigenvalue weighted by Crippen LogP contribution is -2.51. The Morgan fingerprint density at radius 3 is 2.87 bits per heavy atom. The van der Waals surface area contributed by atoms with Crippen molar-refractivity contribution in [3.63, 3.8) is 0 Å². The number of ether oxygens (including phenoxy) is 1. The number of carbonyl (C=O) groups is 1. The van der Waals surface area contributed by atoms with E-state index in [-0.39, 0.29) is 29.3 Å². The molecule has 0 aliphatic carbocycles. The lowest BCUT2D eigenvalue weighted by molar-refractivity contribution is 0.0422. The number of piperidine rings is 1. The van der Waals surface area contributed by atoms with Crippen LogP contribution in [0.2, 0.25) is 0 Å². The van der Waals surface area contributed by atoms with Crippen LogP contribution in [0.4, 0.5) is 4.39 Å². The third kappa shape index (κ3) is 3.65. The highest BCUT2D eigenvalue weighted by molar-refractivity contribution is 5.96. The number of phenols is 1. The first-order valence-electron chi connectivity index (χ1n) is 10.3. The predicted octanol–water partition coefficient (Wildman–Crippen LogP) is 2.37. The second kappa shape index (κ2) is 7.73. The molecule has 4 atom stereocenters. The van der Waals surface area contributed by atoms with Crippen LogP contribution in [0, 0.1) is 0 Å². The van der Waals surface area contributed by atoms with Crippen LogP contribution < -0.4 is 15.4 Å². The Morgan fingerprint density at radius 1 is 1.23 bits per heavy atom. The van der Waals surface area contributed by atoms with Crippen molar-refractivity contribution in [2.75, 3.05) is 7.05 Å². The van der Waals surface area contributed by atoms with Gasteiger partial charge in [0.15, 0.2) is 6.17 Å². The number of carbonyl (C=O) groups excluding carboxylic acids is 1. The first-order chi connectivity index (χ1) is 15.0. The summed E-state index contributed by atoms with van der Waals surface area (Å²) in [5.41, 5.74) is 1.68. The molecule has 9 heteroatoms. The summed E-state index contributed by atoms with van der Waals surface area (Å²) in [4.78, 5) is 16.0. The molecule has 4 heterocycles. The van der Waals surface area contributed by atoms with Crippen LogP contribution in [-0.4, -0.2) is 57.6 Å². The first kappa shape index (κ1) is 19.6. The summed E-state index contributed by atoms with van der Waals surface area (Å²) in [6.07, 6.45) is 0.802. The van der Waals surface area contributed by atoms with Gasteiger partial charge in [-0.2, -0.15) is 0 Å². The zero-order valence-electron chi connectivity index (χ0n) is 16.9. The minimum absolute atomic E-state index is 0.0317. The average Bonchev–Trinajstić information content (AvgIpc) is 3.20. The topological polar surface area (TPSA) is 109 Å². The molecule has 8 nitrogen and oxygen atoms in total. The average molecular weight is 423 g/mol. The van der Waals surface area contributed by atoms with Crippen molar-refractivity contribution < 1.29 is 19.0 Å². The molecule has 0 radical (unpaired) electrons. The van der Waals surface area contributed by atoms with Crippen molar-refractivity contribution >= 4 is 16.8 Å². The summed E-state index contributed by atoms with van der Waals surface area (Å²) < 4.78 is 20.4. The fraction of sp³-hybridized carbons (Fsp3) is 0.364. The van der Waals surface area contributed by atoms with E-state index in [1.165, 1.54) is 13.1 Å². The monoisotopic (exact) mass is 423 g/mol. The van der Waals surface area contributed by atoms with E-state index in [9.17, 15) is 14.3 Å². The summed E-state index contributed by atoms with van der Waals surface area (Å²) in [6.45, 7) is 0. The highest BCUT2D eigenvalue weighted by atomic mass is 19.1. The molecule has 2 unspecified atom stereocenters. The number of rotatable bonds is 4. The van der Waals surface area contributed by atoms with Crippen molar-refractivity contribution in [3.05, 3.63) is 42.1 Å². The molecule has 2 bridgehead atoms. The standard InChI is InChI=1S/C22H22FN5O3/c1-24-22(30)16-4-2-11-8-13(18(29)10-17(11)26-16)14-6-7-20(28-27-14)31-19-9-12-3-5-15(25-12)21(19)23/h2,4,6-8,10,12,15,19,21,25,29H,3,5,9H2,1H3,(H,24,30)/t12?,15?,19-,21+/m0/s1. The fourth-order valence-corrected chi connectivity index (χ4v) is 4.37. The zero-order valence-corrected chi connectivity index (χ0v) is 16.9. The Hall–Kier alpha value is -3.33. The summed E-state index contributed by atoms with van der Waals surface area (Å²) in [7, 11) is 1.53. The molecule has 31 heavy (non-hydrogen) atoms. The zero-order chi connectivity index (χ0) is 21.5. The van der Waals surface area contributed by atoms with Gasteiger partial charge < -0.3 is 20.5 Å². The van der Waals surface area contributed by atoms with E-state index < -0.39 is 12.3 Å². The van der Waals surface area contributed by atoms with Crippen LogP contribution in [0.15, 0.2) is 36.4 Å². The van der Waals surface area contributed by atoms with Gasteiger partial charge in [-0.05, 0) is 31.0 Å². The van der Waals surface area contributed by atoms with Crippen molar-refractivity contribution in [3.8, 4) is 22.9 Å². The van der Waals surface area contributed by atoms with Gasteiger partial charge in [-0.25, -0.2) is 9.37 Å². The SMILES string of the molecule is CNC(=O)c1ccc2cc(-c3ccc(O[C@H]4CC5CCC(N5)[C@H]4F)nn3)c(O)cc2n1. The normalized spacial score (nSPS) is 24.8. The number of phenolic OH excluding ortho intramolecular Hbond substituents is 1. The van der Waals surface area contributed by atoms with E-state index in [1.807, 2.05) is 0 Å². The van der Waals surface area contributed by atoms with Gasteiger partial charge in [0.2, 0.25) is 5.88 Å². The molecular weight excluding hydrogens is 401 g/mol. The largest absolute Gasteiger partial charge is 0.507 e. The second-order valence-electron chi connectivity index (χ2n) is 7.98. The molecule has 0 saturated carbocycles. The number of aromatic nitrogens is 3. The van der Waals surface area contributed by atoms with Gasteiger partial charge in [0.1, 0.15) is 17.5 Å². The van der Waals surface area contributed by atoms with Gasteiger partial charge in [0.05, 0.1) is 11.2 Å². The lowest BCUT2D eigenvalue weighted by Gasteiger charge is -2.32. The van der Waals surface area contributed by atoms with E-state index in [0.717, 1.165) is 18.2 Å². The minimum Gasteiger partial charge on any atom is -0.507 e. The highest BCUT2D eigenvalue weighted by Gasteiger charge is 2.43. The number of alkyl halides is 1. The van der Waals surface area contributed by atoms with Crippen LogP contribution in [0.5, 0.6) is 11.6 Å². The molecule has 0 spiro atoms. The number of fused-ring (bicyclic) bond motifs is 3. The Balaban J connectivity index is 1.37. The third-order valence-corrected chi connectivity index (χ3v) is 5.99. The number of nitrogens with one attached hydrogen (secondary N) is 2. The number of hydrogen-bond donors (Lipinski definition) is 3. The molecule has 2 saturated heterocycles. The Labute approximate surface area is 177 Å².